The molecule has 1 aliphatic rings. The molecule has 2 aromatic carbocycles. The van der Waals surface area contributed by atoms with Crippen molar-refractivity contribution in [3.05, 3.63) is 70.7 Å². The number of hydrogen-bond acceptors (Lipinski definition) is 6. The first kappa shape index (κ1) is 17.5. The molecule has 1 aromatic heterocycles. The third kappa shape index (κ3) is 3.78. The molecule has 3 N–H and O–H groups in total. The molecule has 0 saturated carbocycles. The van der Waals surface area contributed by atoms with E-state index in [0.717, 1.165) is 37.2 Å². The number of hydrogen-bond donors (Lipinski definition) is 2. The molecule has 4 rings (SSSR count). The Morgan fingerprint density at radius 1 is 1.04 bits per heavy atom. The van der Waals surface area contributed by atoms with Crippen LogP contribution in [0.1, 0.15) is 39.8 Å². The minimum absolute atomic E-state index is 0.125. The fourth-order valence-electron chi connectivity index (χ4n) is 3.40. The molecule has 1 amide bonds. The van der Waals surface area contributed by atoms with E-state index in [1.165, 1.54) is 11.3 Å². The lowest BCUT2D eigenvalue weighted by Crippen LogP contribution is -2.31. The number of aromatic nitrogens is 2. The molecule has 7 heteroatoms. The van der Waals surface area contributed by atoms with E-state index < -0.39 is 0 Å². The molecule has 3 aromatic rings. The van der Waals surface area contributed by atoms with Gasteiger partial charge in [0, 0.05) is 18.8 Å². The summed E-state index contributed by atoms with van der Waals surface area (Å²) in [6, 6.07) is 17.1. The van der Waals surface area contributed by atoms with Crippen LogP contribution in [0.25, 0.3) is 0 Å². The third-order valence-electron chi connectivity index (χ3n) is 4.71. The van der Waals surface area contributed by atoms with Gasteiger partial charge in [-0.3, -0.25) is 4.79 Å². The van der Waals surface area contributed by atoms with Crippen molar-refractivity contribution < 1.29 is 4.79 Å². The predicted molar refractivity (Wildman–Crippen MR) is 108 cm³/mol. The monoisotopic (exact) mass is 379 g/mol. The number of carbonyl (C=O) groups excluding carboxylic acids is 1. The summed E-state index contributed by atoms with van der Waals surface area (Å²) in [7, 11) is 0. The molecule has 0 spiro atoms. The van der Waals surface area contributed by atoms with Crippen LogP contribution in [0.3, 0.4) is 0 Å². The zero-order valence-corrected chi connectivity index (χ0v) is 15.7. The Labute approximate surface area is 162 Å². The van der Waals surface area contributed by atoms with Crippen LogP contribution in [0, 0.1) is 0 Å². The van der Waals surface area contributed by atoms with Gasteiger partial charge in [-0.1, -0.05) is 53.8 Å². The zero-order valence-electron chi connectivity index (χ0n) is 14.8. The summed E-state index contributed by atoms with van der Waals surface area (Å²) in [6.45, 7) is 1.97. The van der Waals surface area contributed by atoms with E-state index in [1.807, 2.05) is 54.6 Å². The molecule has 0 unspecified atom stereocenters. The first-order chi connectivity index (χ1) is 13.2. The lowest BCUT2D eigenvalue weighted by molar-refractivity contribution is 0.0943. The van der Waals surface area contributed by atoms with Crippen LogP contribution < -0.4 is 16.0 Å². The predicted octanol–water partition coefficient (Wildman–Crippen LogP) is 3.24. The highest BCUT2D eigenvalue weighted by molar-refractivity contribution is 7.15. The number of rotatable bonds is 5. The molecule has 6 nitrogen and oxygen atoms in total. The number of para-hydroxylation sites is 1. The number of carbonyl (C=O) groups is 1. The van der Waals surface area contributed by atoms with Crippen molar-refractivity contribution in [3.63, 3.8) is 0 Å². The van der Waals surface area contributed by atoms with E-state index in [4.69, 9.17) is 5.73 Å². The highest BCUT2D eigenvalue weighted by Crippen LogP contribution is 2.28. The second-order valence-corrected chi connectivity index (χ2v) is 7.55. The molecule has 0 bridgehead atoms. The number of nitrogens with zero attached hydrogens (tertiary/aromatic N) is 3. The largest absolute Gasteiger partial charge is 0.374 e. The summed E-state index contributed by atoms with van der Waals surface area (Å²) in [4.78, 5) is 15.4. The Kier molecular flexibility index (Phi) is 5.02. The summed E-state index contributed by atoms with van der Waals surface area (Å²) in [5.74, 6) is -0.125. The smallest absolute Gasteiger partial charge is 0.254 e. The van der Waals surface area contributed by atoms with Gasteiger partial charge < -0.3 is 16.0 Å². The first-order valence-electron chi connectivity index (χ1n) is 9.01. The van der Waals surface area contributed by atoms with Gasteiger partial charge in [-0.2, -0.15) is 0 Å². The molecule has 1 saturated heterocycles. The zero-order chi connectivity index (χ0) is 18.6. The van der Waals surface area contributed by atoms with Crippen molar-refractivity contribution in [1.82, 2.24) is 15.5 Å². The van der Waals surface area contributed by atoms with Gasteiger partial charge in [0.15, 0.2) is 0 Å². The van der Waals surface area contributed by atoms with Gasteiger partial charge in [0.05, 0.1) is 5.56 Å². The molecule has 27 heavy (non-hydrogen) atoms. The van der Waals surface area contributed by atoms with Crippen LogP contribution in [-0.4, -0.2) is 29.2 Å². The summed E-state index contributed by atoms with van der Waals surface area (Å²) >= 11 is 1.29. The minimum atomic E-state index is -0.389. The number of nitrogens with one attached hydrogen (secondary N) is 1. The molecule has 1 aliphatic heterocycles. The second kappa shape index (κ2) is 7.75. The van der Waals surface area contributed by atoms with Gasteiger partial charge in [0.25, 0.3) is 5.91 Å². The average molecular weight is 379 g/mol. The van der Waals surface area contributed by atoms with Crippen molar-refractivity contribution in [1.29, 1.82) is 0 Å². The molecular formula is C20H21N5OS. The van der Waals surface area contributed by atoms with Crippen LogP contribution in [0.4, 0.5) is 10.8 Å². The Morgan fingerprint density at radius 3 is 2.44 bits per heavy atom. The van der Waals surface area contributed by atoms with Gasteiger partial charge in [-0.05, 0) is 30.5 Å². The molecular weight excluding hydrogens is 358 g/mol. The summed E-state index contributed by atoms with van der Waals surface area (Å²) < 4.78 is 0. The molecule has 2 heterocycles. The lowest BCUT2D eigenvalue weighted by Gasteiger charge is -2.22. The Hall–Kier alpha value is -2.93. The SMILES string of the molecule is Nc1nnc([C@@H](NC(=O)c2ccccc2N2CCCC2)c2ccccc2)s1. The minimum Gasteiger partial charge on any atom is -0.374 e. The number of nitrogen functional groups attached to an aromatic ring is 1. The maximum atomic E-state index is 13.2. The number of amides is 1. The van der Waals surface area contributed by atoms with Crippen molar-refractivity contribution in [2.45, 2.75) is 18.9 Å². The van der Waals surface area contributed by atoms with Gasteiger partial charge in [-0.25, -0.2) is 0 Å². The van der Waals surface area contributed by atoms with Crippen molar-refractivity contribution in [2.75, 3.05) is 23.7 Å². The highest BCUT2D eigenvalue weighted by Gasteiger charge is 2.24. The van der Waals surface area contributed by atoms with Crippen molar-refractivity contribution >= 4 is 28.1 Å². The fraction of sp³-hybridized carbons (Fsp3) is 0.250. The lowest BCUT2D eigenvalue weighted by atomic mass is 10.1. The van der Waals surface area contributed by atoms with Crippen LogP contribution in [-0.2, 0) is 0 Å². The summed E-state index contributed by atoms with van der Waals surface area (Å²) in [6.07, 6.45) is 2.32. The molecule has 0 aliphatic carbocycles. The standard InChI is InChI=1S/C20H21N5OS/c21-20-24-23-19(27-20)17(14-8-2-1-3-9-14)22-18(26)15-10-4-5-11-16(15)25-12-6-7-13-25/h1-5,8-11,17H,6-7,12-13H2,(H2,21,24)(H,22,26)/t17-/m0/s1. The van der Waals surface area contributed by atoms with E-state index in [1.54, 1.807) is 0 Å². The Balaban J connectivity index is 1.65. The van der Waals surface area contributed by atoms with E-state index in [-0.39, 0.29) is 11.9 Å². The van der Waals surface area contributed by atoms with Crippen molar-refractivity contribution in [3.8, 4) is 0 Å². The van der Waals surface area contributed by atoms with Gasteiger partial charge >= 0.3 is 0 Å². The highest BCUT2D eigenvalue weighted by atomic mass is 32.1. The number of anilines is 2. The molecule has 0 radical (unpaired) electrons. The second-order valence-electron chi connectivity index (χ2n) is 6.51. The molecule has 1 fully saturated rings. The third-order valence-corrected chi connectivity index (χ3v) is 5.52. The number of benzene rings is 2. The molecule has 1 atom stereocenters. The van der Waals surface area contributed by atoms with Crippen molar-refractivity contribution in [2.24, 2.45) is 0 Å². The molecule has 138 valence electrons. The van der Waals surface area contributed by atoms with E-state index >= 15 is 0 Å². The van der Waals surface area contributed by atoms with Crippen LogP contribution in [0.5, 0.6) is 0 Å². The normalized spacial score (nSPS) is 14.9. The summed E-state index contributed by atoms with van der Waals surface area (Å²) in [5.41, 5.74) is 8.37. The Bertz CT molecular complexity index is 921. The van der Waals surface area contributed by atoms with Crippen LogP contribution in [0.15, 0.2) is 54.6 Å². The van der Waals surface area contributed by atoms with E-state index in [2.05, 4.69) is 20.4 Å². The fourth-order valence-corrected chi connectivity index (χ4v) is 4.10. The topological polar surface area (TPSA) is 84.1 Å². The Morgan fingerprint density at radius 2 is 1.74 bits per heavy atom. The quantitative estimate of drug-likeness (QED) is 0.711. The van der Waals surface area contributed by atoms with Crippen LogP contribution >= 0.6 is 11.3 Å². The summed E-state index contributed by atoms with van der Waals surface area (Å²) in [5, 5.41) is 12.3. The van der Waals surface area contributed by atoms with Gasteiger partial charge in [0.2, 0.25) is 5.13 Å². The average Bonchev–Trinajstić information content (AvgIpc) is 3.38. The van der Waals surface area contributed by atoms with Gasteiger partial charge in [0.1, 0.15) is 11.0 Å². The van der Waals surface area contributed by atoms with E-state index in [0.29, 0.717) is 15.7 Å². The van der Waals surface area contributed by atoms with Gasteiger partial charge in [-0.15, -0.1) is 10.2 Å². The number of nitrogens with two attached hydrogens (primary N) is 1. The first-order valence-corrected chi connectivity index (χ1v) is 9.82. The van der Waals surface area contributed by atoms with E-state index in [9.17, 15) is 4.79 Å². The maximum Gasteiger partial charge on any atom is 0.254 e. The van der Waals surface area contributed by atoms with Crippen LogP contribution in [0.2, 0.25) is 0 Å². The maximum absolute atomic E-state index is 13.2.